The predicted octanol–water partition coefficient (Wildman–Crippen LogP) is -4.42. The van der Waals surface area contributed by atoms with Gasteiger partial charge in [-0.05, 0) is 44.1 Å². The number of amides is 4. The van der Waals surface area contributed by atoms with Crippen molar-refractivity contribution in [1.29, 1.82) is 0 Å². The maximum atomic E-state index is 13.1. The molecule has 0 aromatic rings. The molecule has 0 aliphatic rings. The number of rotatable bonds is 26. The second-order valence-corrected chi connectivity index (χ2v) is 12.0. The fraction of sp³-hybridized carbons (Fsp3) is 0.714. The van der Waals surface area contributed by atoms with Crippen molar-refractivity contribution in [2.45, 2.75) is 103 Å². The van der Waals surface area contributed by atoms with Crippen LogP contribution in [0.2, 0.25) is 0 Å². The standard InChI is InChI=1S/C28H52N10O9/c1-14(2)8-16(13-39)35-27(47)20(11-23(42)43)36-22(41)12-34-26(46)18(6-5-7-33-28(31)32)37-38-19(9-15(3)4)25(45)24(44)17(29)10-21(30)40/h13-20,28,33,37-38H,5-12,29,31-32H2,1-4H3,(H2,30,40)(H,34,46)(H,35,47)(H,36,41)(H,42,43)/t16-,17-,18-,19-,20-/m0/s1. The first-order chi connectivity index (χ1) is 21.9. The summed E-state index contributed by atoms with van der Waals surface area (Å²) in [5.74, 6) is -6.74. The van der Waals surface area contributed by atoms with Crippen LogP contribution in [0.15, 0.2) is 0 Å². The second-order valence-electron chi connectivity index (χ2n) is 12.0. The first-order valence-electron chi connectivity index (χ1n) is 15.3. The van der Waals surface area contributed by atoms with E-state index < -0.39 is 97.0 Å². The second kappa shape index (κ2) is 22.6. The highest BCUT2D eigenvalue weighted by Crippen LogP contribution is 2.08. The minimum atomic E-state index is -1.53. The molecule has 0 spiro atoms. The van der Waals surface area contributed by atoms with Crippen molar-refractivity contribution < 1.29 is 43.5 Å². The Bertz CT molecular complexity index is 1090. The predicted molar refractivity (Wildman–Crippen MR) is 169 cm³/mol. The van der Waals surface area contributed by atoms with Crippen molar-refractivity contribution in [3.05, 3.63) is 0 Å². The molecule has 5 atom stereocenters. The van der Waals surface area contributed by atoms with Gasteiger partial charge in [0.2, 0.25) is 35.2 Å². The molecule has 0 aromatic heterocycles. The summed E-state index contributed by atoms with van der Waals surface area (Å²) in [5, 5.41) is 19.0. The number of carbonyl (C=O) groups is 8. The molecule has 268 valence electrons. The molecule has 0 fully saturated rings. The van der Waals surface area contributed by atoms with Crippen LogP contribution in [-0.4, -0.2) is 102 Å². The van der Waals surface area contributed by atoms with Crippen LogP contribution in [0.25, 0.3) is 0 Å². The number of Topliss-reactive ketones (excluding diaryl/α,β-unsaturated/α-hetero) is 2. The number of primary amides is 1. The maximum absolute atomic E-state index is 13.1. The third-order valence-electron chi connectivity index (χ3n) is 6.49. The van der Waals surface area contributed by atoms with Gasteiger partial charge in [-0.15, -0.1) is 0 Å². The highest BCUT2D eigenvalue weighted by molar-refractivity contribution is 6.41. The number of ketones is 2. The SMILES string of the molecule is CC(C)C[C@@H](C=O)NC(=O)[C@H](CC(=O)O)NC(=O)CNC(=O)[C@H](CCCNC(N)N)NN[C@@H](CC(C)C)C(=O)C(=O)[C@@H](N)CC(N)=O. The van der Waals surface area contributed by atoms with Crippen LogP contribution in [0.1, 0.15) is 66.2 Å². The Morgan fingerprint density at radius 2 is 1.36 bits per heavy atom. The van der Waals surface area contributed by atoms with E-state index >= 15 is 0 Å². The van der Waals surface area contributed by atoms with Crippen molar-refractivity contribution in [1.82, 2.24) is 32.1 Å². The zero-order chi connectivity index (χ0) is 36.3. The van der Waals surface area contributed by atoms with Gasteiger partial charge in [-0.25, -0.2) is 10.9 Å². The summed E-state index contributed by atoms with van der Waals surface area (Å²) < 4.78 is 0. The van der Waals surface area contributed by atoms with E-state index in [1.165, 1.54) is 0 Å². The van der Waals surface area contributed by atoms with E-state index in [2.05, 4.69) is 32.1 Å². The molecule has 19 heteroatoms. The number of nitrogens with one attached hydrogen (secondary N) is 6. The van der Waals surface area contributed by atoms with Crippen LogP contribution in [0, 0.1) is 11.8 Å². The van der Waals surface area contributed by atoms with E-state index in [1.807, 2.05) is 13.8 Å². The highest BCUT2D eigenvalue weighted by Gasteiger charge is 2.32. The van der Waals surface area contributed by atoms with Crippen LogP contribution in [0.5, 0.6) is 0 Å². The normalized spacial score (nSPS) is 14.5. The van der Waals surface area contributed by atoms with Crippen molar-refractivity contribution in [3.63, 3.8) is 0 Å². The molecule has 0 aliphatic carbocycles. The third kappa shape index (κ3) is 19.4. The van der Waals surface area contributed by atoms with Crippen LogP contribution in [0.4, 0.5) is 0 Å². The van der Waals surface area contributed by atoms with Gasteiger partial charge < -0.3 is 48.8 Å². The quantitative estimate of drug-likeness (QED) is 0.0136. The van der Waals surface area contributed by atoms with Crippen molar-refractivity contribution in [2.75, 3.05) is 13.1 Å². The molecule has 0 heterocycles. The van der Waals surface area contributed by atoms with E-state index in [0.29, 0.717) is 25.7 Å². The number of aldehydes is 1. The number of nitrogens with two attached hydrogens (primary N) is 4. The molecule has 0 unspecified atom stereocenters. The lowest BCUT2D eigenvalue weighted by atomic mass is 9.95. The molecule has 47 heavy (non-hydrogen) atoms. The van der Waals surface area contributed by atoms with Gasteiger partial charge in [0.05, 0.1) is 37.1 Å². The van der Waals surface area contributed by atoms with E-state index in [9.17, 15) is 43.5 Å². The van der Waals surface area contributed by atoms with Crippen molar-refractivity contribution >= 4 is 47.5 Å². The van der Waals surface area contributed by atoms with E-state index in [1.54, 1.807) is 13.8 Å². The lowest BCUT2D eigenvalue weighted by Gasteiger charge is -2.25. The van der Waals surface area contributed by atoms with Gasteiger partial charge in [-0.3, -0.25) is 38.9 Å². The Hall–Kier alpha value is -3.88. The van der Waals surface area contributed by atoms with Crippen LogP contribution >= 0.6 is 0 Å². The Balaban J connectivity index is 5.65. The summed E-state index contributed by atoms with van der Waals surface area (Å²) >= 11 is 0. The molecule has 0 saturated carbocycles. The number of aliphatic carboxylic acids is 1. The van der Waals surface area contributed by atoms with Crippen LogP contribution in [0.3, 0.4) is 0 Å². The molecule has 15 N–H and O–H groups in total. The van der Waals surface area contributed by atoms with E-state index in [0.717, 1.165) is 0 Å². The van der Waals surface area contributed by atoms with E-state index in [4.69, 9.17) is 22.9 Å². The van der Waals surface area contributed by atoms with Gasteiger partial charge in [-0.1, -0.05) is 27.7 Å². The summed E-state index contributed by atoms with van der Waals surface area (Å²) in [6.45, 7) is 6.87. The Kier molecular flexibility index (Phi) is 20.7. The monoisotopic (exact) mass is 672 g/mol. The van der Waals surface area contributed by atoms with Gasteiger partial charge in [0.25, 0.3) is 0 Å². The summed E-state index contributed by atoms with van der Waals surface area (Å²) in [5.41, 5.74) is 27.1. The minimum Gasteiger partial charge on any atom is -0.481 e. The van der Waals surface area contributed by atoms with Gasteiger partial charge in [0.1, 0.15) is 18.6 Å². The number of carbonyl (C=O) groups excluding carboxylic acids is 7. The maximum Gasteiger partial charge on any atom is 0.305 e. The average molecular weight is 673 g/mol. The molecule has 0 bridgehead atoms. The Morgan fingerprint density at radius 3 is 1.87 bits per heavy atom. The minimum absolute atomic E-state index is 0.0470. The van der Waals surface area contributed by atoms with Crippen molar-refractivity contribution in [2.24, 2.45) is 34.8 Å². The average Bonchev–Trinajstić information content (AvgIpc) is 2.95. The molecule has 4 amide bonds. The fourth-order valence-electron chi connectivity index (χ4n) is 4.27. The lowest BCUT2D eigenvalue weighted by molar-refractivity contribution is -0.141. The number of carboxylic acids is 1. The van der Waals surface area contributed by atoms with Crippen molar-refractivity contribution in [3.8, 4) is 0 Å². The van der Waals surface area contributed by atoms with Gasteiger partial charge in [0.15, 0.2) is 0 Å². The van der Waals surface area contributed by atoms with Crippen LogP contribution in [-0.2, 0) is 38.4 Å². The highest BCUT2D eigenvalue weighted by atomic mass is 16.4. The summed E-state index contributed by atoms with van der Waals surface area (Å²) in [6, 6.07) is -6.09. The van der Waals surface area contributed by atoms with Crippen LogP contribution < -0.4 is 55.1 Å². The summed E-state index contributed by atoms with van der Waals surface area (Å²) in [7, 11) is 0. The Labute approximate surface area is 273 Å². The van der Waals surface area contributed by atoms with Gasteiger partial charge >= 0.3 is 5.97 Å². The molecule has 0 aromatic carbocycles. The topological polar surface area (TPSA) is 333 Å². The molecular weight excluding hydrogens is 620 g/mol. The summed E-state index contributed by atoms with van der Waals surface area (Å²) in [6.07, 6.45) is -0.710. The molecule has 0 rings (SSSR count). The van der Waals surface area contributed by atoms with Gasteiger partial charge in [-0.2, -0.15) is 0 Å². The zero-order valence-corrected chi connectivity index (χ0v) is 27.4. The molecule has 0 saturated heterocycles. The largest absolute Gasteiger partial charge is 0.481 e. The number of hydrazine groups is 1. The Morgan fingerprint density at radius 1 is 0.766 bits per heavy atom. The van der Waals surface area contributed by atoms with Gasteiger partial charge in [0, 0.05) is 6.42 Å². The first kappa shape index (κ1) is 43.1. The summed E-state index contributed by atoms with van der Waals surface area (Å²) in [4.78, 5) is 97.8. The first-order valence-corrected chi connectivity index (χ1v) is 15.3. The number of carboxylic acid groups (broad SMARTS) is 1. The molecule has 0 aliphatic heterocycles. The third-order valence-corrected chi connectivity index (χ3v) is 6.49. The molecule has 0 radical (unpaired) electrons. The molecular formula is C28H52N10O9. The number of hydrogen-bond donors (Lipinski definition) is 11. The van der Waals surface area contributed by atoms with E-state index in [-0.39, 0.29) is 24.7 Å². The smallest absolute Gasteiger partial charge is 0.305 e. The zero-order valence-electron chi connectivity index (χ0n) is 27.4. The lowest BCUT2D eigenvalue weighted by Crippen LogP contribution is -2.58. The molecule has 19 nitrogen and oxygen atoms in total. The number of hydrogen-bond acceptors (Lipinski definition) is 14. The fourth-order valence-corrected chi connectivity index (χ4v) is 4.27.